The van der Waals surface area contributed by atoms with Gasteiger partial charge in [0.15, 0.2) is 0 Å². The van der Waals surface area contributed by atoms with E-state index >= 15 is 0 Å². The highest BCUT2D eigenvalue weighted by molar-refractivity contribution is 6.22. The van der Waals surface area contributed by atoms with Gasteiger partial charge in [0, 0.05) is 6.54 Å². The van der Waals surface area contributed by atoms with Crippen molar-refractivity contribution in [3.8, 4) is 0 Å². The number of alkyl halides is 21. The normalized spacial score (nSPS) is 16.2. The predicted molar refractivity (Wildman–Crippen MR) is 75.4 cm³/mol. The molecule has 0 rings (SSSR count). The molecule has 0 aromatic rings. The SMILES string of the molecule is O=C(NCCO)C(F)(F)C(F)(F)C(F)(F)C(F)(F)C(F)(F)C(F)(F)C(F)(F)C(F)(F)C(F)(F)C(F)(F)Cl. The molecule has 0 fully saturated rings. The lowest BCUT2D eigenvalue weighted by Crippen LogP contribution is -2.77. The second-order valence-electron chi connectivity index (χ2n) is 6.65. The zero-order valence-corrected chi connectivity index (χ0v) is 17.0. The van der Waals surface area contributed by atoms with E-state index in [-0.39, 0.29) is 0 Å². The van der Waals surface area contributed by atoms with E-state index in [0.29, 0.717) is 5.32 Å². The molecule has 0 radical (unpaired) electrons. The van der Waals surface area contributed by atoms with Crippen LogP contribution in [0.15, 0.2) is 0 Å². The van der Waals surface area contributed by atoms with Crippen LogP contribution in [0, 0.1) is 0 Å². The van der Waals surface area contributed by atoms with Crippen molar-refractivity contribution in [3.05, 3.63) is 0 Å². The Morgan fingerprint density at radius 3 is 1.00 bits per heavy atom. The van der Waals surface area contributed by atoms with Gasteiger partial charge < -0.3 is 10.4 Å². The molecule has 0 saturated heterocycles. The maximum atomic E-state index is 13.6. The lowest BCUT2D eigenvalue weighted by atomic mass is 9.86. The van der Waals surface area contributed by atoms with E-state index in [1.807, 2.05) is 0 Å². The number of carbonyl (C=O) groups excluding carboxylic acids is 1. The van der Waals surface area contributed by atoms with Gasteiger partial charge in [-0.3, -0.25) is 4.79 Å². The van der Waals surface area contributed by atoms with Crippen LogP contribution in [-0.4, -0.2) is 82.8 Å². The standard InChI is InChI=1S/C13H6ClF20NO2/c14-13(33,34)12(31,32)11(29,30)10(27,28)9(25,26)8(23,24)7(21,22)6(19,20)5(17,18)4(15,16)3(37)35-1-2-36/h36H,1-2H2,(H,35,37). The molecule has 0 atom stereocenters. The summed E-state index contributed by atoms with van der Waals surface area (Å²) in [7, 11) is 0. The van der Waals surface area contributed by atoms with Crippen molar-refractivity contribution in [2.24, 2.45) is 0 Å². The van der Waals surface area contributed by atoms with E-state index < -0.39 is 77.7 Å². The van der Waals surface area contributed by atoms with Crippen molar-refractivity contribution in [1.82, 2.24) is 5.32 Å². The third kappa shape index (κ3) is 4.49. The molecule has 222 valence electrons. The number of rotatable bonds is 12. The summed E-state index contributed by atoms with van der Waals surface area (Å²) in [6, 6.07) is 0. The summed E-state index contributed by atoms with van der Waals surface area (Å²) in [6.07, 6.45) is 0. The van der Waals surface area contributed by atoms with E-state index in [9.17, 15) is 92.6 Å². The maximum Gasteiger partial charge on any atom is 0.393 e. The van der Waals surface area contributed by atoms with Crippen LogP contribution >= 0.6 is 11.6 Å². The van der Waals surface area contributed by atoms with Gasteiger partial charge >= 0.3 is 58.7 Å². The summed E-state index contributed by atoms with van der Waals surface area (Å²) in [6.45, 7) is -3.01. The minimum Gasteiger partial charge on any atom is -0.395 e. The van der Waals surface area contributed by atoms with E-state index in [0.717, 1.165) is 0 Å². The average molecular weight is 624 g/mol. The number of hydrogen-bond acceptors (Lipinski definition) is 2. The topological polar surface area (TPSA) is 49.3 Å². The zero-order valence-electron chi connectivity index (χ0n) is 16.2. The average Bonchev–Trinajstić information content (AvgIpc) is 2.69. The Bertz CT molecular complexity index is 850. The fraction of sp³-hybridized carbons (Fsp3) is 0.923. The summed E-state index contributed by atoms with van der Waals surface area (Å²) in [5.41, 5.74) is 0. The molecular formula is C13H6ClF20NO2. The number of hydrogen-bond donors (Lipinski definition) is 2. The molecule has 37 heavy (non-hydrogen) atoms. The van der Waals surface area contributed by atoms with Crippen molar-refractivity contribution in [1.29, 1.82) is 0 Å². The third-order valence-electron chi connectivity index (χ3n) is 4.19. The van der Waals surface area contributed by atoms with Gasteiger partial charge in [0.05, 0.1) is 6.61 Å². The molecule has 0 bridgehead atoms. The van der Waals surface area contributed by atoms with Crippen LogP contribution in [0.25, 0.3) is 0 Å². The van der Waals surface area contributed by atoms with E-state index in [2.05, 4.69) is 11.6 Å². The number of nitrogens with one attached hydrogen (secondary N) is 1. The fourth-order valence-corrected chi connectivity index (χ4v) is 2.10. The van der Waals surface area contributed by atoms with Crippen molar-refractivity contribution in [2.45, 2.75) is 58.7 Å². The second kappa shape index (κ2) is 9.21. The Morgan fingerprint density at radius 2 is 0.757 bits per heavy atom. The lowest BCUT2D eigenvalue weighted by molar-refractivity contribution is -0.464. The Morgan fingerprint density at radius 1 is 0.514 bits per heavy atom. The van der Waals surface area contributed by atoms with Crippen molar-refractivity contribution in [2.75, 3.05) is 13.2 Å². The highest BCUT2D eigenvalue weighted by Gasteiger charge is 2.97. The first-order chi connectivity index (χ1) is 15.7. The number of aliphatic hydroxyl groups excluding tert-OH is 1. The van der Waals surface area contributed by atoms with Gasteiger partial charge in [0.25, 0.3) is 5.91 Å². The molecule has 0 aromatic heterocycles. The first-order valence-corrected chi connectivity index (χ1v) is 8.47. The van der Waals surface area contributed by atoms with Crippen LogP contribution in [-0.2, 0) is 4.79 Å². The van der Waals surface area contributed by atoms with Gasteiger partial charge in [-0.15, -0.1) is 0 Å². The number of carbonyl (C=O) groups is 1. The van der Waals surface area contributed by atoms with Crippen LogP contribution in [0.5, 0.6) is 0 Å². The van der Waals surface area contributed by atoms with E-state index in [1.54, 1.807) is 0 Å². The summed E-state index contributed by atoms with van der Waals surface area (Å²) >= 11 is 3.28. The Hall–Kier alpha value is -1.68. The molecule has 1 amide bonds. The number of halogens is 21. The highest BCUT2D eigenvalue weighted by Crippen LogP contribution is 2.66. The molecule has 0 heterocycles. The number of amides is 1. The van der Waals surface area contributed by atoms with Crippen LogP contribution in [0.3, 0.4) is 0 Å². The molecule has 0 aromatic carbocycles. The quantitative estimate of drug-likeness (QED) is 0.218. The molecule has 0 aliphatic rings. The Balaban J connectivity index is 7.03. The smallest absolute Gasteiger partial charge is 0.393 e. The molecule has 0 aliphatic heterocycles. The second-order valence-corrected chi connectivity index (χ2v) is 7.12. The first kappa shape index (κ1) is 35.3. The Kier molecular flexibility index (Phi) is 8.79. The summed E-state index contributed by atoms with van der Waals surface area (Å²) in [5, 5.41) is 1.53. The molecule has 0 saturated carbocycles. The largest absolute Gasteiger partial charge is 0.395 e. The van der Waals surface area contributed by atoms with Gasteiger partial charge in [-0.05, 0) is 11.6 Å². The monoisotopic (exact) mass is 623 g/mol. The maximum absolute atomic E-state index is 13.6. The van der Waals surface area contributed by atoms with Crippen LogP contribution in [0.2, 0.25) is 0 Å². The first-order valence-electron chi connectivity index (χ1n) is 8.09. The van der Waals surface area contributed by atoms with Crippen LogP contribution in [0.4, 0.5) is 87.8 Å². The zero-order chi connectivity index (χ0) is 30.7. The van der Waals surface area contributed by atoms with E-state index in [1.165, 1.54) is 0 Å². The van der Waals surface area contributed by atoms with Crippen molar-refractivity contribution in [3.63, 3.8) is 0 Å². The highest BCUT2D eigenvalue weighted by atomic mass is 35.5. The Labute approximate surface area is 193 Å². The molecule has 3 nitrogen and oxygen atoms in total. The van der Waals surface area contributed by atoms with Gasteiger partial charge in [0.2, 0.25) is 0 Å². The molecule has 2 N–H and O–H groups in total. The van der Waals surface area contributed by atoms with Gasteiger partial charge in [-0.1, -0.05) is 0 Å². The lowest BCUT2D eigenvalue weighted by Gasteiger charge is -2.44. The predicted octanol–water partition coefficient (Wildman–Crippen LogP) is 5.64. The van der Waals surface area contributed by atoms with Crippen molar-refractivity contribution >= 4 is 17.5 Å². The van der Waals surface area contributed by atoms with Gasteiger partial charge in [-0.2, -0.15) is 87.8 Å². The minimum atomic E-state index is -9.19. The summed E-state index contributed by atoms with van der Waals surface area (Å²) in [4.78, 5) is 10.8. The summed E-state index contributed by atoms with van der Waals surface area (Å²) < 4.78 is 266. The van der Waals surface area contributed by atoms with E-state index in [4.69, 9.17) is 5.11 Å². The third-order valence-corrected chi connectivity index (χ3v) is 4.43. The van der Waals surface area contributed by atoms with Crippen molar-refractivity contribution < 1.29 is 97.7 Å². The molecular weight excluding hydrogens is 618 g/mol. The van der Waals surface area contributed by atoms with Gasteiger partial charge in [0.1, 0.15) is 0 Å². The van der Waals surface area contributed by atoms with Crippen LogP contribution in [0.1, 0.15) is 0 Å². The molecule has 0 aliphatic carbocycles. The van der Waals surface area contributed by atoms with Gasteiger partial charge in [-0.25, -0.2) is 0 Å². The molecule has 24 heteroatoms. The summed E-state index contributed by atoms with van der Waals surface area (Å²) in [5.74, 6) is -81.4. The number of aliphatic hydroxyl groups is 1. The minimum absolute atomic E-state index is 0.427. The fourth-order valence-electron chi connectivity index (χ4n) is 1.98. The molecule has 0 unspecified atom stereocenters. The molecule has 0 spiro atoms. The van der Waals surface area contributed by atoms with Crippen LogP contribution < -0.4 is 5.32 Å².